The molecule has 0 saturated carbocycles. The fourth-order valence-corrected chi connectivity index (χ4v) is 2.89. The molecule has 1 amide bonds. The lowest BCUT2D eigenvalue weighted by Gasteiger charge is -2.29. The van der Waals surface area contributed by atoms with Gasteiger partial charge in [0.25, 0.3) is 0 Å². The highest BCUT2D eigenvalue weighted by Gasteiger charge is 2.26. The summed E-state index contributed by atoms with van der Waals surface area (Å²) in [6.45, 7) is 6.93. The van der Waals surface area contributed by atoms with Crippen molar-refractivity contribution in [3.63, 3.8) is 0 Å². The SMILES string of the molecule is CC(C)(C)OC(=O)N1CCCCC(Nc2c(N)cccc2Cl)C1. The Hall–Kier alpha value is -1.62. The number of carbonyl (C=O) groups excluding carboxylic acids is 1. The normalized spacial score (nSPS) is 19.1. The Bertz CT molecular complexity index is 537. The highest BCUT2D eigenvalue weighted by Crippen LogP contribution is 2.29. The lowest BCUT2D eigenvalue weighted by Crippen LogP contribution is -2.42. The van der Waals surface area contributed by atoms with Gasteiger partial charge in [-0.2, -0.15) is 0 Å². The van der Waals surface area contributed by atoms with Gasteiger partial charge >= 0.3 is 6.09 Å². The zero-order chi connectivity index (χ0) is 17.0. The second-order valence-electron chi connectivity index (χ2n) is 6.97. The molecule has 6 heteroatoms. The number of hydrogen-bond acceptors (Lipinski definition) is 4. The van der Waals surface area contributed by atoms with Crippen LogP contribution < -0.4 is 11.1 Å². The van der Waals surface area contributed by atoms with Gasteiger partial charge in [-0.3, -0.25) is 0 Å². The van der Waals surface area contributed by atoms with Crippen LogP contribution in [0, 0.1) is 0 Å². The molecular weight excluding hydrogens is 314 g/mol. The Morgan fingerprint density at radius 2 is 2.13 bits per heavy atom. The molecular formula is C17H26ClN3O2. The van der Waals surface area contributed by atoms with E-state index in [9.17, 15) is 4.79 Å². The molecule has 1 unspecified atom stereocenters. The maximum atomic E-state index is 12.3. The molecule has 1 saturated heterocycles. The molecule has 0 aromatic heterocycles. The minimum absolute atomic E-state index is 0.104. The van der Waals surface area contributed by atoms with Crippen LogP contribution in [-0.2, 0) is 4.74 Å². The number of hydrogen-bond donors (Lipinski definition) is 2. The van der Waals surface area contributed by atoms with Crippen LogP contribution in [0.15, 0.2) is 18.2 Å². The number of carbonyl (C=O) groups is 1. The molecule has 0 radical (unpaired) electrons. The number of anilines is 2. The first-order chi connectivity index (χ1) is 10.8. The van der Waals surface area contributed by atoms with Crippen LogP contribution in [-0.4, -0.2) is 35.7 Å². The van der Waals surface area contributed by atoms with E-state index in [0.29, 0.717) is 23.8 Å². The Labute approximate surface area is 143 Å². The summed E-state index contributed by atoms with van der Waals surface area (Å²) >= 11 is 6.23. The second kappa shape index (κ2) is 7.30. The quantitative estimate of drug-likeness (QED) is 0.795. The van der Waals surface area contributed by atoms with Crippen LogP contribution in [0.25, 0.3) is 0 Å². The molecule has 1 aromatic carbocycles. The van der Waals surface area contributed by atoms with E-state index in [0.717, 1.165) is 24.9 Å². The maximum Gasteiger partial charge on any atom is 0.410 e. The van der Waals surface area contributed by atoms with E-state index in [1.807, 2.05) is 39.0 Å². The van der Waals surface area contributed by atoms with E-state index in [-0.39, 0.29) is 12.1 Å². The molecule has 0 bridgehead atoms. The smallest absolute Gasteiger partial charge is 0.410 e. The van der Waals surface area contributed by atoms with Crippen molar-refractivity contribution in [1.29, 1.82) is 0 Å². The third-order valence-electron chi connectivity index (χ3n) is 3.72. The molecule has 1 aliphatic heterocycles. The van der Waals surface area contributed by atoms with Crippen LogP contribution in [0.1, 0.15) is 40.0 Å². The Morgan fingerprint density at radius 1 is 1.39 bits per heavy atom. The topological polar surface area (TPSA) is 67.6 Å². The van der Waals surface area contributed by atoms with E-state index >= 15 is 0 Å². The van der Waals surface area contributed by atoms with Crippen molar-refractivity contribution in [2.75, 3.05) is 24.1 Å². The Morgan fingerprint density at radius 3 is 2.78 bits per heavy atom. The third kappa shape index (κ3) is 5.20. The van der Waals surface area contributed by atoms with Crippen molar-refractivity contribution in [2.45, 2.75) is 51.7 Å². The number of nitrogens with zero attached hydrogens (tertiary/aromatic N) is 1. The van der Waals surface area contributed by atoms with Crippen LogP contribution in [0.4, 0.5) is 16.2 Å². The average molecular weight is 340 g/mol. The van der Waals surface area contributed by atoms with Crippen LogP contribution in [0.2, 0.25) is 5.02 Å². The number of ether oxygens (including phenoxy) is 1. The van der Waals surface area contributed by atoms with Gasteiger partial charge in [0.2, 0.25) is 0 Å². The van der Waals surface area contributed by atoms with Gasteiger partial charge in [-0.1, -0.05) is 17.7 Å². The summed E-state index contributed by atoms with van der Waals surface area (Å²) in [6, 6.07) is 5.55. The molecule has 2 rings (SSSR count). The summed E-state index contributed by atoms with van der Waals surface area (Å²) in [4.78, 5) is 14.1. The van der Waals surface area contributed by atoms with E-state index in [1.165, 1.54) is 0 Å². The maximum absolute atomic E-state index is 12.3. The lowest BCUT2D eigenvalue weighted by atomic mass is 10.1. The van der Waals surface area contributed by atoms with Gasteiger partial charge in [-0.05, 0) is 52.2 Å². The summed E-state index contributed by atoms with van der Waals surface area (Å²) in [6.07, 6.45) is 2.71. The van der Waals surface area contributed by atoms with Crippen molar-refractivity contribution < 1.29 is 9.53 Å². The van der Waals surface area contributed by atoms with Crippen molar-refractivity contribution in [3.8, 4) is 0 Å². The first kappa shape index (κ1) is 17.7. The van der Waals surface area contributed by atoms with E-state index in [4.69, 9.17) is 22.1 Å². The monoisotopic (exact) mass is 339 g/mol. The molecule has 5 nitrogen and oxygen atoms in total. The highest BCUT2D eigenvalue weighted by atomic mass is 35.5. The van der Waals surface area contributed by atoms with Crippen molar-refractivity contribution in [2.24, 2.45) is 0 Å². The summed E-state index contributed by atoms with van der Waals surface area (Å²) in [5.74, 6) is 0. The molecule has 1 aliphatic rings. The molecule has 1 aromatic rings. The van der Waals surface area contributed by atoms with Gasteiger partial charge in [0.1, 0.15) is 5.60 Å². The molecule has 1 heterocycles. The first-order valence-electron chi connectivity index (χ1n) is 8.05. The van der Waals surface area contributed by atoms with Gasteiger partial charge in [0.05, 0.1) is 16.4 Å². The highest BCUT2D eigenvalue weighted by molar-refractivity contribution is 6.33. The molecule has 1 fully saturated rings. The zero-order valence-corrected chi connectivity index (χ0v) is 14.8. The lowest BCUT2D eigenvalue weighted by molar-refractivity contribution is 0.0252. The minimum atomic E-state index is -0.487. The van der Waals surface area contributed by atoms with Crippen molar-refractivity contribution in [1.82, 2.24) is 4.90 Å². The van der Waals surface area contributed by atoms with Gasteiger partial charge in [0, 0.05) is 19.1 Å². The summed E-state index contributed by atoms with van der Waals surface area (Å²) in [5.41, 5.74) is 6.87. The fraction of sp³-hybridized carbons (Fsp3) is 0.588. The molecule has 3 N–H and O–H groups in total. The number of halogens is 1. The van der Waals surface area contributed by atoms with Crippen LogP contribution in [0.5, 0.6) is 0 Å². The average Bonchev–Trinajstić information content (AvgIpc) is 2.67. The van der Waals surface area contributed by atoms with Crippen molar-refractivity contribution in [3.05, 3.63) is 23.2 Å². The summed E-state index contributed by atoms with van der Waals surface area (Å²) in [7, 11) is 0. The van der Waals surface area contributed by atoms with Gasteiger partial charge in [-0.25, -0.2) is 4.79 Å². The number of benzene rings is 1. The molecule has 0 spiro atoms. The van der Waals surface area contributed by atoms with Crippen LogP contribution in [0.3, 0.4) is 0 Å². The number of rotatable bonds is 2. The molecule has 23 heavy (non-hydrogen) atoms. The predicted octanol–water partition coefficient (Wildman–Crippen LogP) is 4.12. The van der Waals surface area contributed by atoms with Gasteiger partial charge in [-0.15, -0.1) is 0 Å². The number of nitrogens with one attached hydrogen (secondary N) is 1. The van der Waals surface area contributed by atoms with E-state index in [1.54, 1.807) is 4.90 Å². The van der Waals surface area contributed by atoms with Gasteiger partial charge in [0.15, 0.2) is 0 Å². The summed E-state index contributed by atoms with van der Waals surface area (Å²) in [5, 5.41) is 3.99. The van der Waals surface area contributed by atoms with Gasteiger partial charge < -0.3 is 20.7 Å². The molecule has 128 valence electrons. The number of likely N-dealkylation sites (tertiary alicyclic amines) is 1. The van der Waals surface area contributed by atoms with Crippen molar-refractivity contribution >= 4 is 29.1 Å². The summed E-state index contributed by atoms with van der Waals surface area (Å²) < 4.78 is 5.49. The largest absolute Gasteiger partial charge is 0.444 e. The standard InChI is InChI=1S/C17H26ClN3O2/c1-17(2,3)23-16(22)21-10-5-4-7-12(11-21)20-15-13(18)8-6-9-14(15)19/h6,8-9,12,20H,4-5,7,10-11,19H2,1-3H3. The zero-order valence-electron chi connectivity index (χ0n) is 14.1. The Balaban J connectivity index is 2.06. The molecule has 1 atom stereocenters. The minimum Gasteiger partial charge on any atom is -0.444 e. The number of amides is 1. The van der Waals surface area contributed by atoms with Crippen LogP contribution >= 0.6 is 11.6 Å². The predicted molar refractivity (Wildman–Crippen MR) is 94.9 cm³/mol. The Kier molecular flexibility index (Phi) is 5.63. The number of nitrogens with two attached hydrogens (primary N) is 1. The fourth-order valence-electron chi connectivity index (χ4n) is 2.65. The van der Waals surface area contributed by atoms with E-state index in [2.05, 4.69) is 5.32 Å². The molecule has 0 aliphatic carbocycles. The second-order valence-corrected chi connectivity index (χ2v) is 7.37. The van der Waals surface area contributed by atoms with E-state index < -0.39 is 5.60 Å². The number of para-hydroxylation sites is 1. The third-order valence-corrected chi connectivity index (χ3v) is 4.03. The first-order valence-corrected chi connectivity index (χ1v) is 8.42. The number of nitrogen functional groups attached to an aromatic ring is 1.